The standard InChI is InChI=1S/4C13H9N/c1-2-6-12-10(4-1)7-8-11-5-3-9-14-13(11)12;1-2-5-11-10(4-1)7-8-13-12(11)6-3-9-14-13;1-2-4-12-10(3-1)5-6-11-9-14-8-7-13(11)12;1-2-4-12-10(3-1)5-6-11-7-8-14-9-13(11)12/h4*1-9H. The van der Waals surface area contributed by atoms with E-state index in [0.717, 1.165) is 11.0 Å². The molecule has 0 aliphatic heterocycles. The smallest absolute Gasteiger partial charge is 0.0780 e. The Morgan fingerprint density at radius 1 is 0.232 bits per heavy atom. The average molecular weight is 717 g/mol. The fraction of sp³-hybridized carbons (Fsp3) is 0. The molecule has 0 radical (unpaired) electrons. The summed E-state index contributed by atoms with van der Waals surface area (Å²) in [5.41, 5.74) is 2.15. The zero-order valence-corrected chi connectivity index (χ0v) is 30.6. The van der Waals surface area contributed by atoms with Crippen LogP contribution in [0, 0.1) is 0 Å². The molecular formula is C52H36N4. The van der Waals surface area contributed by atoms with E-state index >= 15 is 0 Å². The largest absolute Gasteiger partial charge is 0.264 e. The van der Waals surface area contributed by atoms with Crippen molar-refractivity contribution in [2.24, 2.45) is 0 Å². The predicted octanol–water partition coefficient (Wildman–Crippen LogP) is 13.6. The first-order valence-corrected chi connectivity index (χ1v) is 18.7. The molecule has 0 saturated carbocycles. The lowest BCUT2D eigenvalue weighted by Crippen LogP contribution is -1.79. The Balaban J connectivity index is 0.0000000975. The maximum absolute atomic E-state index is 4.41. The van der Waals surface area contributed by atoms with E-state index in [4.69, 9.17) is 0 Å². The van der Waals surface area contributed by atoms with Crippen molar-refractivity contribution in [3.05, 3.63) is 219 Å². The fourth-order valence-corrected chi connectivity index (χ4v) is 7.34. The summed E-state index contributed by atoms with van der Waals surface area (Å²) in [5, 5.41) is 17.5. The van der Waals surface area contributed by atoms with Gasteiger partial charge in [-0.15, -0.1) is 0 Å². The minimum atomic E-state index is 1.06. The highest BCUT2D eigenvalue weighted by Gasteiger charge is 2.01. The molecule has 0 fully saturated rings. The van der Waals surface area contributed by atoms with Crippen molar-refractivity contribution < 1.29 is 0 Å². The number of rotatable bonds is 0. The van der Waals surface area contributed by atoms with Gasteiger partial charge < -0.3 is 0 Å². The van der Waals surface area contributed by atoms with E-state index < -0.39 is 0 Å². The molecule has 8 aromatic carbocycles. The van der Waals surface area contributed by atoms with Gasteiger partial charge in [0.1, 0.15) is 0 Å². The lowest BCUT2D eigenvalue weighted by atomic mass is 10.0. The summed E-state index contributed by atoms with van der Waals surface area (Å²) in [6.45, 7) is 0. The van der Waals surface area contributed by atoms with Crippen LogP contribution in [0.25, 0.3) is 86.4 Å². The molecule has 0 atom stereocenters. The van der Waals surface area contributed by atoms with Gasteiger partial charge in [0.15, 0.2) is 0 Å². The Bertz CT molecular complexity index is 2620. The normalized spacial score (nSPS) is 10.9. The summed E-state index contributed by atoms with van der Waals surface area (Å²) in [6.07, 6.45) is 11.2. The van der Waals surface area contributed by atoms with Crippen LogP contribution in [0.5, 0.6) is 0 Å². The van der Waals surface area contributed by atoms with E-state index in [1.165, 1.54) is 75.4 Å². The van der Waals surface area contributed by atoms with Crippen molar-refractivity contribution in [2.45, 2.75) is 0 Å². The van der Waals surface area contributed by atoms with Gasteiger partial charge in [-0.05, 0) is 78.8 Å². The van der Waals surface area contributed by atoms with Crippen molar-refractivity contribution >= 4 is 86.4 Å². The molecule has 0 saturated heterocycles. The van der Waals surface area contributed by atoms with Crippen LogP contribution in [0.3, 0.4) is 0 Å². The number of pyridine rings is 4. The van der Waals surface area contributed by atoms with E-state index in [0.29, 0.717) is 0 Å². The van der Waals surface area contributed by atoms with Crippen LogP contribution in [0.15, 0.2) is 219 Å². The van der Waals surface area contributed by atoms with Gasteiger partial charge in [0, 0.05) is 64.1 Å². The summed E-state index contributed by atoms with van der Waals surface area (Å²) in [7, 11) is 0. The molecule has 0 bridgehead atoms. The highest BCUT2D eigenvalue weighted by molar-refractivity contribution is 6.08. The van der Waals surface area contributed by atoms with E-state index in [2.05, 4.69) is 184 Å². The molecule has 264 valence electrons. The van der Waals surface area contributed by atoms with E-state index in [1.54, 1.807) is 0 Å². The minimum absolute atomic E-state index is 1.06. The molecule has 0 spiro atoms. The van der Waals surface area contributed by atoms with Gasteiger partial charge in [0.2, 0.25) is 0 Å². The van der Waals surface area contributed by atoms with Crippen LogP contribution in [0.2, 0.25) is 0 Å². The zero-order valence-electron chi connectivity index (χ0n) is 30.6. The van der Waals surface area contributed by atoms with Gasteiger partial charge in [0.25, 0.3) is 0 Å². The summed E-state index contributed by atoms with van der Waals surface area (Å²) in [5.74, 6) is 0. The molecule has 0 amide bonds. The van der Waals surface area contributed by atoms with Gasteiger partial charge in [-0.1, -0.05) is 152 Å². The highest BCUT2D eigenvalue weighted by atomic mass is 14.6. The molecule has 12 rings (SSSR count). The number of hydrogen-bond acceptors (Lipinski definition) is 4. The van der Waals surface area contributed by atoms with Crippen molar-refractivity contribution in [1.29, 1.82) is 0 Å². The van der Waals surface area contributed by atoms with Crippen molar-refractivity contribution in [3.8, 4) is 0 Å². The molecule has 4 aromatic heterocycles. The number of hydrogen-bond donors (Lipinski definition) is 0. The second-order valence-corrected chi connectivity index (χ2v) is 13.5. The highest BCUT2D eigenvalue weighted by Crippen LogP contribution is 2.26. The van der Waals surface area contributed by atoms with E-state index in [-0.39, 0.29) is 0 Å². The van der Waals surface area contributed by atoms with Crippen LogP contribution in [0.1, 0.15) is 0 Å². The van der Waals surface area contributed by atoms with Gasteiger partial charge in [0.05, 0.1) is 11.0 Å². The van der Waals surface area contributed by atoms with Crippen LogP contribution in [-0.2, 0) is 0 Å². The number of benzene rings is 8. The Hall–Kier alpha value is -7.56. The molecule has 4 heterocycles. The third-order valence-electron chi connectivity index (χ3n) is 10.1. The van der Waals surface area contributed by atoms with Crippen molar-refractivity contribution in [2.75, 3.05) is 0 Å². The predicted molar refractivity (Wildman–Crippen MR) is 237 cm³/mol. The lowest BCUT2D eigenvalue weighted by molar-refractivity contribution is 1.37. The molecule has 0 unspecified atom stereocenters. The Kier molecular flexibility index (Phi) is 9.66. The molecule has 0 N–H and O–H groups in total. The number of aromatic nitrogens is 4. The lowest BCUT2D eigenvalue weighted by Gasteiger charge is -2.01. The summed E-state index contributed by atoms with van der Waals surface area (Å²) >= 11 is 0. The second-order valence-electron chi connectivity index (χ2n) is 13.5. The monoisotopic (exact) mass is 716 g/mol. The van der Waals surface area contributed by atoms with Gasteiger partial charge in [-0.2, -0.15) is 0 Å². The summed E-state index contributed by atoms with van der Waals surface area (Å²) in [4.78, 5) is 17.0. The maximum Gasteiger partial charge on any atom is 0.0780 e. The van der Waals surface area contributed by atoms with Crippen LogP contribution >= 0.6 is 0 Å². The molecule has 12 aromatic rings. The number of nitrogens with zero attached hydrogens (tertiary/aromatic N) is 4. The molecule has 0 aliphatic rings. The molecule has 0 aliphatic carbocycles. The Morgan fingerprint density at radius 3 is 1.38 bits per heavy atom. The maximum atomic E-state index is 4.41. The van der Waals surface area contributed by atoms with Crippen LogP contribution < -0.4 is 0 Å². The first-order valence-electron chi connectivity index (χ1n) is 18.7. The average Bonchev–Trinajstić information content (AvgIpc) is 3.29. The third-order valence-corrected chi connectivity index (χ3v) is 10.1. The Morgan fingerprint density at radius 2 is 0.661 bits per heavy atom. The van der Waals surface area contributed by atoms with E-state index in [9.17, 15) is 0 Å². The minimum Gasteiger partial charge on any atom is -0.264 e. The van der Waals surface area contributed by atoms with Crippen LogP contribution in [0.4, 0.5) is 0 Å². The SMILES string of the molecule is c1ccc2c(c1)ccc1cccnc12.c1ccc2c(c1)ccc1ccncc12.c1ccc2c(c1)ccc1cnccc12.c1ccc2c(c1)ccc1ncccc12. The molecular weight excluding hydrogens is 681 g/mol. The fourth-order valence-electron chi connectivity index (χ4n) is 7.34. The van der Waals surface area contributed by atoms with Gasteiger partial charge >= 0.3 is 0 Å². The molecule has 4 nitrogen and oxygen atoms in total. The van der Waals surface area contributed by atoms with Gasteiger partial charge in [-0.3, -0.25) is 19.9 Å². The van der Waals surface area contributed by atoms with Crippen LogP contribution in [-0.4, -0.2) is 19.9 Å². The first-order chi connectivity index (χ1) is 27.8. The van der Waals surface area contributed by atoms with Crippen molar-refractivity contribution in [3.63, 3.8) is 0 Å². The summed E-state index contributed by atoms with van der Waals surface area (Å²) in [6, 6.07) is 62.8. The quantitative estimate of drug-likeness (QED) is 0.147. The number of fused-ring (bicyclic) bond motifs is 12. The zero-order chi connectivity index (χ0) is 37.5. The van der Waals surface area contributed by atoms with Crippen molar-refractivity contribution in [1.82, 2.24) is 19.9 Å². The second kappa shape index (κ2) is 15.8. The Labute approximate surface area is 324 Å². The summed E-state index contributed by atoms with van der Waals surface area (Å²) < 4.78 is 0. The van der Waals surface area contributed by atoms with Gasteiger partial charge in [-0.25, -0.2) is 0 Å². The van der Waals surface area contributed by atoms with E-state index in [1.807, 2.05) is 55.4 Å². The molecule has 4 heteroatoms. The first kappa shape index (κ1) is 34.2. The topological polar surface area (TPSA) is 51.6 Å². The third kappa shape index (κ3) is 7.07. The molecule has 56 heavy (non-hydrogen) atoms.